The number of aliphatic carboxylic acids is 1. The third kappa shape index (κ3) is 3.78. The van der Waals surface area contributed by atoms with Crippen LogP contribution in [0.3, 0.4) is 0 Å². The number of aryl methyl sites for hydroxylation is 2. The number of carbonyl (C=O) groups excluding carboxylic acids is 1. The molecule has 0 radical (unpaired) electrons. The highest BCUT2D eigenvalue weighted by molar-refractivity contribution is 5.89. The van der Waals surface area contributed by atoms with Crippen molar-refractivity contribution in [3.05, 3.63) is 35.1 Å². The van der Waals surface area contributed by atoms with E-state index in [4.69, 9.17) is 9.52 Å². The molecule has 0 aliphatic rings. The van der Waals surface area contributed by atoms with Gasteiger partial charge in [0.25, 0.3) is 0 Å². The number of carboxylic acid groups (broad SMARTS) is 1. The maximum Gasteiger partial charge on any atom is 0.305 e. The molecule has 0 saturated heterocycles. The topological polar surface area (TPSA) is 79.5 Å². The number of hydrogen-bond acceptors (Lipinski definition) is 3. The number of benzene rings is 1. The molecule has 1 amide bonds. The standard InChI is InChI=1S/C19H25NO4/c1-11(2)19(5,9-18(22)23)20-17(21)8-14-10-24-16-7-13(4)12(3)6-15(14)16/h6-7,10-11H,8-9H2,1-5H3,(H,20,21)(H,22,23). The second kappa shape index (κ2) is 6.67. The Kier molecular flexibility index (Phi) is 5.02. The molecule has 1 unspecified atom stereocenters. The molecule has 1 aromatic carbocycles. The lowest BCUT2D eigenvalue weighted by atomic mass is 9.85. The summed E-state index contributed by atoms with van der Waals surface area (Å²) in [5, 5.41) is 12.9. The second-order valence-corrected chi connectivity index (χ2v) is 7.06. The fourth-order valence-electron chi connectivity index (χ4n) is 2.72. The molecule has 1 atom stereocenters. The lowest BCUT2D eigenvalue weighted by Crippen LogP contribution is -2.51. The van der Waals surface area contributed by atoms with Gasteiger partial charge in [0.15, 0.2) is 0 Å². The van der Waals surface area contributed by atoms with E-state index < -0.39 is 11.5 Å². The van der Waals surface area contributed by atoms with Crippen molar-refractivity contribution in [3.8, 4) is 0 Å². The Morgan fingerprint density at radius 3 is 2.46 bits per heavy atom. The third-order valence-corrected chi connectivity index (χ3v) is 4.84. The average Bonchev–Trinajstić information content (AvgIpc) is 2.80. The van der Waals surface area contributed by atoms with Gasteiger partial charge in [0.2, 0.25) is 5.91 Å². The quantitative estimate of drug-likeness (QED) is 0.847. The molecule has 0 fully saturated rings. The Morgan fingerprint density at radius 1 is 1.25 bits per heavy atom. The van der Waals surface area contributed by atoms with E-state index in [1.54, 1.807) is 13.2 Å². The Bertz CT molecular complexity index is 775. The van der Waals surface area contributed by atoms with Crippen LogP contribution in [-0.4, -0.2) is 22.5 Å². The highest BCUT2D eigenvalue weighted by Gasteiger charge is 2.32. The summed E-state index contributed by atoms with van der Waals surface area (Å²) in [4.78, 5) is 23.6. The van der Waals surface area contributed by atoms with Gasteiger partial charge in [-0.1, -0.05) is 13.8 Å². The molecule has 24 heavy (non-hydrogen) atoms. The lowest BCUT2D eigenvalue weighted by Gasteiger charge is -2.33. The van der Waals surface area contributed by atoms with Gasteiger partial charge in [0.1, 0.15) is 5.58 Å². The van der Waals surface area contributed by atoms with E-state index in [-0.39, 0.29) is 24.7 Å². The van der Waals surface area contributed by atoms with E-state index >= 15 is 0 Å². The first-order valence-electron chi connectivity index (χ1n) is 8.12. The Balaban J connectivity index is 2.20. The molecule has 0 bridgehead atoms. The first-order valence-corrected chi connectivity index (χ1v) is 8.12. The van der Waals surface area contributed by atoms with Crippen molar-refractivity contribution in [2.75, 3.05) is 0 Å². The van der Waals surface area contributed by atoms with Crippen molar-refractivity contribution in [2.45, 2.75) is 53.0 Å². The van der Waals surface area contributed by atoms with Gasteiger partial charge in [0, 0.05) is 16.5 Å². The first-order chi connectivity index (χ1) is 11.1. The number of hydrogen-bond donors (Lipinski definition) is 2. The number of rotatable bonds is 6. The zero-order valence-electron chi connectivity index (χ0n) is 14.9. The number of nitrogens with one attached hydrogen (secondary N) is 1. The van der Waals surface area contributed by atoms with Crippen LogP contribution in [0, 0.1) is 19.8 Å². The van der Waals surface area contributed by atoms with Gasteiger partial charge in [0.05, 0.1) is 19.1 Å². The van der Waals surface area contributed by atoms with Crippen molar-refractivity contribution >= 4 is 22.8 Å². The van der Waals surface area contributed by atoms with Gasteiger partial charge in [-0.3, -0.25) is 9.59 Å². The highest BCUT2D eigenvalue weighted by Crippen LogP contribution is 2.26. The number of amides is 1. The number of fused-ring (bicyclic) bond motifs is 1. The SMILES string of the molecule is Cc1cc2occ(CC(=O)NC(C)(CC(=O)O)C(C)C)c2cc1C. The van der Waals surface area contributed by atoms with Gasteiger partial charge in [-0.25, -0.2) is 0 Å². The first kappa shape index (κ1) is 18.0. The van der Waals surface area contributed by atoms with E-state index in [2.05, 4.69) is 5.32 Å². The Hall–Kier alpha value is -2.30. The second-order valence-electron chi connectivity index (χ2n) is 7.06. The Morgan fingerprint density at radius 2 is 1.88 bits per heavy atom. The van der Waals surface area contributed by atoms with Crippen molar-refractivity contribution in [2.24, 2.45) is 5.92 Å². The molecule has 1 heterocycles. The predicted molar refractivity (Wildman–Crippen MR) is 93.0 cm³/mol. The van der Waals surface area contributed by atoms with E-state index in [9.17, 15) is 9.59 Å². The normalized spacial score (nSPS) is 13.9. The van der Waals surface area contributed by atoms with E-state index in [1.165, 1.54) is 0 Å². The molecule has 5 nitrogen and oxygen atoms in total. The summed E-state index contributed by atoms with van der Waals surface area (Å²) in [7, 11) is 0. The van der Waals surface area contributed by atoms with Crippen LogP contribution in [0.25, 0.3) is 11.0 Å². The minimum atomic E-state index is -0.925. The van der Waals surface area contributed by atoms with Crippen molar-refractivity contribution < 1.29 is 19.1 Å². The lowest BCUT2D eigenvalue weighted by molar-refractivity contribution is -0.139. The summed E-state index contributed by atoms with van der Waals surface area (Å²) in [6, 6.07) is 3.99. The van der Waals surface area contributed by atoms with Crippen molar-refractivity contribution in [1.29, 1.82) is 0 Å². The smallest absolute Gasteiger partial charge is 0.305 e. The molecule has 1 aromatic heterocycles. The molecular weight excluding hydrogens is 306 g/mol. The van der Waals surface area contributed by atoms with Crippen LogP contribution in [0.15, 0.2) is 22.8 Å². The fourth-order valence-corrected chi connectivity index (χ4v) is 2.72. The zero-order chi connectivity index (χ0) is 18.1. The van der Waals surface area contributed by atoms with Crippen molar-refractivity contribution in [1.82, 2.24) is 5.32 Å². The maximum absolute atomic E-state index is 12.5. The predicted octanol–water partition coefficient (Wildman–Crippen LogP) is 3.60. The molecular formula is C19H25NO4. The van der Waals surface area contributed by atoms with Crippen LogP contribution < -0.4 is 5.32 Å². The fraction of sp³-hybridized carbons (Fsp3) is 0.474. The van der Waals surface area contributed by atoms with E-state index in [0.717, 1.165) is 27.7 Å². The van der Waals surface area contributed by atoms with Gasteiger partial charge in [-0.15, -0.1) is 0 Å². The molecule has 0 spiro atoms. The van der Waals surface area contributed by atoms with Crippen LogP contribution in [0.1, 0.15) is 43.9 Å². The number of furan rings is 1. The molecule has 2 N–H and O–H groups in total. The van der Waals surface area contributed by atoms with Gasteiger partial charge in [-0.2, -0.15) is 0 Å². The Labute approximate surface area is 142 Å². The van der Waals surface area contributed by atoms with E-state index in [1.807, 2.05) is 39.8 Å². The summed E-state index contributed by atoms with van der Waals surface area (Å²) in [6.07, 6.45) is 1.66. The van der Waals surface area contributed by atoms with Gasteiger partial charge >= 0.3 is 5.97 Å². The summed E-state index contributed by atoms with van der Waals surface area (Å²) < 4.78 is 5.55. The van der Waals surface area contributed by atoms with Crippen LogP contribution in [0.5, 0.6) is 0 Å². The molecule has 130 valence electrons. The molecule has 0 aliphatic heterocycles. The van der Waals surface area contributed by atoms with Gasteiger partial charge < -0.3 is 14.8 Å². The van der Waals surface area contributed by atoms with Crippen LogP contribution in [0.2, 0.25) is 0 Å². The summed E-state index contributed by atoms with van der Waals surface area (Å²) >= 11 is 0. The van der Waals surface area contributed by atoms with Crippen LogP contribution in [0.4, 0.5) is 0 Å². The molecule has 0 saturated carbocycles. The molecule has 5 heteroatoms. The minimum Gasteiger partial charge on any atom is -0.481 e. The maximum atomic E-state index is 12.5. The summed E-state index contributed by atoms with van der Waals surface area (Å²) in [5.74, 6) is -1.12. The van der Waals surface area contributed by atoms with E-state index in [0.29, 0.717) is 0 Å². The number of carbonyl (C=O) groups is 2. The minimum absolute atomic E-state index is 0.00328. The average molecular weight is 331 g/mol. The highest BCUT2D eigenvalue weighted by atomic mass is 16.4. The van der Waals surface area contributed by atoms with Gasteiger partial charge in [-0.05, 0) is 49.9 Å². The monoisotopic (exact) mass is 331 g/mol. The summed E-state index contributed by atoms with van der Waals surface area (Å²) in [6.45, 7) is 9.62. The third-order valence-electron chi connectivity index (χ3n) is 4.84. The van der Waals surface area contributed by atoms with Crippen LogP contribution >= 0.6 is 0 Å². The molecule has 0 aliphatic carbocycles. The zero-order valence-corrected chi connectivity index (χ0v) is 14.9. The van der Waals surface area contributed by atoms with Crippen LogP contribution in [-0.2, 0) is 16.0 Å². The molecule has 2 aromatic rings. The largest absolute Gasteiger partial charge is 0.481 e. The summed E-state index contributed by atoms with van der Waals surface area (Å²) in [5.41, 5.74) is 3.07. The van der Waals surface area contributed by atoms with Crippen molar-refractivity contribution in [3.63, 3.8) is 0 Å². The number of carboxylic acids is 1. The molecule has 2 rings (SSSR count).